The monoisotopic (exact) mass is 285 g/mol. The van der Waals surface area contributed by atoms with E-state index in [1.54, 1.807) is 0 Å². The summed E-state index contributed by atoms with van der Waals surface area (Å²) in [5.41, 5.74) is 3.02. The summed E-state index contributed by atoms with van der Waals surface area (Å²) in [6, 6.07) is 5.41. The highest BCUT2D eigenvalue weighted by atomic mass is 19.4. The Bertz CT molecular complexity index is 454. The zero-order valence-corrected chi connectivity index (χ0v) is 12.1. The van der Waals surface area contributed by atoms with Gasteiger partial charge >= 0.3 is 6.18 Å². The molecule has 0 bridgehead atoms. The van der Waals surface area contributed by atoms with Crippen molar-refractivity contribution >= 4 is 5.69 Å². The highest BCUT2D eigenvalue weighted by molar-refractivity contribution is 5.58. The molecule has 1 fully saturated rings. The summed E-state index contributed by atoms with van der Waals surface area (Å²) in [5, 5.41) is 3.21. The Morgan fingerprint density at radius 3 is 2.55 bits per heavy atom. The maximum Gasteiger partial charge on any atom is 0.393 e. The van der Waals surface area contributed by atoms with Crippen LogP contribution in [0.25, 0.3) is 0 Å². The molecule has 2 rings (SSSR count). The molecule has 112 valence electrons. The van der Waals surface area contributed by atoms with Gasteiger partial charge in [-0.15, -0.1) is 0 Å². The first-order chi connectivity index (χ1) is 9.43. The zero-order valence-electron chi connectivity index (χ0n) is 12.1. The van der Waals surface area contributed by atoms with Crippen molar-refractivity contribution in [1.29, 1.82) is 0 Å². The molecule has 0 aliphatic heterocycles. The second kappa shape index (κ2) is 6.06. The largest absolute Gasteiger partial charge is 0.393 e. The van der Waals surface area contributed by atoms with Crippen LogP contribution in [0.1, 0.15) is 43.7 Å². The van der Waals surface area contributed by atoms with Crippen LogP contribution in [0.3, 0.4) is 0 Å². The molecule has 1 nitrogen and oxygen atoms in total. The second-order valence-electron chi connectivity index (χ2n) is 5.65. The van der Waals surface area contributed by atoms with E-state index in [1.807, 2.05) is 32.0 Å². The smallest absolute Gasteiger partial charge is 0.381 e. The molecule has 1 N–H and O–H groups in total. The quantitative estimate of drug-likeness (QED) is 0.815. The molecule has 1 aromatic rings. The van der Waals surface area contributed by atoms with E-state index in [9.17, 15) is 13.2 Å². The number of aryl methyl sites for hydroxylation is 2. The third kappa shape index (κ3) is 3.28. The number of alkyl halides is 3. The number of nitrogens with one attached hydrogen (secondary N) is 1. The van der Waals surface area contributed by atoms with E-state index in [1.165, 1.54) is 0 Å². The number of benzene rings is 1. The molecular weight excluding hydrogens is 263 g/mol. The summed E-state index contributed by atoms with van der Waals surface area (Å²) in [6.45, 7) is 3.98. The molecule has 0 radical (unpaired) electrons. The standard InChI is InChI=1S/C16H22F3N/c1-3-12-8-6-7-11(2)15(12)20-14-10-5-4-9-13(14)16(17,18)19/h6-8,13-14,20H,3-5,9-10H2,1-2H3. The van der Waals surface area contributed by atoms with Crippen molar-refractivity contribution in [3.8, 4) is 0 Å². The predicted molar refractivity (Wildman–Crippen MR) is 76.0 cm³/mol. The Hall–Kier alpha value is -1.19. The lowest BCUT2D eigenvalue weighted by molar-refractivity contribution is -0.184. The lowest BCUT2D eigenvalue weighted by Crippen LogP contribution is -2.41. The van der Waals surface area contributed by atoms with Gasteiger partial charge in [0.05, 0.1) is 5.92 Å². The summed E-state index contributed by atoms with van der Waals surface area (Å²) in [6.07, 6.45) is -0.884. The summed E-state index contributed by atoms with van der Waals surface area (Å²) < 4.78 is 39.4. The van der Waals surface area contributed by atoms with Crippen molar-refractivity contribution in [3.63, 3.8) is 0 Å². The molecule has 0 heterocycles. The van der Waals surface area contributed by atoms with Crippen molar-refractivity contribution in [2.24, 2.45) is 5.92 Å². The number of para-hydroxylation sites is 1. The van der Waals surface area contributed by atoms with Crippen molar-refractivity contribution in [1.82, 2.24) is 0 Å². The molecule has 0 aromatic heterocycles. The van der Waals surface area contributed by atoms with E-state index < -0.39 is 18.1 Å². The first kappa shape index (κ1) is 15.2. The van der Waals surface area contributed by atoms with Gasteiger partial charge in [0.2, 0.25) is 0 Å². The van der Waals surface area contributed by atoms with Gasteiger partial charge in [0.25, 0.3) is 0 Å². The number of hydrogen-bond acceptors (Lipinski definition) is 1. The van der Waals surface area contributed by atoms with Gasteiger partial charge in [0, 0.05) is 11.7 Å². The summed E-state index contributed by atoms with van der Waals surface area (Å²) in [4.78, 5) is 0. The van der Waals surface area contributed by atoms with Crippen molar-refractivity contribution < 1.29 is 13.2 Å². The molecule has 0 amide bonds. The first-order valence-corrected chi connectivity index (χ1v) is 7.35. The fraction of sp³-hybridized carbons (Fsp3) is 0.625. The third-order valence-corrected chi connectivity index (χ3v) is 4.26. The minimum absolute atomic E-state index is 0.245. The molecule has 1 aliphatic carbocycles. The normalized spacial score (nSPS) is 23.6. The van der Waals surface area contributed by atoms with E-state index in [0.717, 1.165) is 29.7 Å². The molecule has 0 saturated heterocycles. The Labute approximate surface area is 118 Å². The Morgan fingerprint density at radius 2 is 1.90 bits per heavy atom. The van der Waals surface area contributed by atoms with Crippen LogP contribution < -0.4 is 5.32 Å². The molecule has 1 aliphatic rings. The fourth-order valence-electron chi connectivity index (χ4n) is 3.11. The topological polar surface area (TPSA) is 12.0 Å². The van der Waals surface area contributed by atoms with Gasteiger partial charge < -0.3 is 5.32 Å². The van der Waals surface area contributed by atoms with Crippen LogP contribution in [-0.2, 0) is 6.42 Å². The van der Waals surface area contributed by atoms with E-state index in [0.29, 0.717) is 12.8 Å². The van der Waals surface area contributed by atoms with E-state index >= 15 is 0 Å². The molecule has 20 heavy (non-hydrogen) atoms. The van der Waals surface area contributed by atoms with E-state index in [-0.39, 0.29) is 6.42 Å². The Kier molecular flexibility index (Phi) is 4.61. The number of halogens is 3. The summed E-state index contributed by atoms with van der Waals surface area (Å²) >= 11 is 0. The van der Waals surface area contributed by atoms with Crippen LogP contribution >= 0.6 is 0 Å². The summed E-state index contributed by atoms with van der Waals surface area (Å²) in [7, 11) is 0. The highest BCUT2D eigenvalue weighted by Crippen LogP contribution is 2.39. The maximum absolute atomic E-state index is 13.1. The molecular formula is C16H22F3N. The second-order valence-corrected chi connectivity index (χ2v) is 5.65. The van der Waals surface area contributed by atoms with Crippen LogP contribution in [0, 0.1) is 12.8 Å². The van der Waals surface area contributed by atoms with Gasteiger partial charge in [-0.25, -0.2) is 0 Å². The number of anilines is 1. The molecule has 2 unspecified atom stereocenters. The molecule has 2 atom stereocenters. The van der Waals surface area contributed by atoms with Crippen LogP contribution in [0.15, 0.2) is 18.2 Å². The van der Waals surface area contributed by atoms with Crippen LogP contribution in [0.2, 0.25) is 0 Å². The molecule has 1 aromatic carbocycles. The average molecular weight is 285 g/mol. The summed E-state index contributed by atoms with van der Waals surface area (Å²) in [5.74, 6) is -1.22. The SMILES string of the molecule is CCc1cccc(C)c1NC1CCCCC1C(F)(F)F. The van der Waals surface area contributed by atoms with Gasteiger partial charge in [0.1, 0.15) is 0 Å². The van der Waals surface area contributed by atoms with E-state index in [4.69, 9.17) is 0 Å². The Morgan fingerprint density at radius 1 is 1.20 bits per heavy atom. The van der Waals surface area contributed by atoms with Gasteiger partial charge in [-0.05, 0) is 37.3 Å². The van der Waals surface area contributed by atoms with Crippen LogP contribution in [0.5, 0.6) is 0 Å². The van der Waals surface area contributed by atoms with Crippen molar-refractivity contribution in [2.45, 2.75) is 58.2 Å². The van der Waals surface area contributed by atoms with Crippen LogP contribution in [-0.4, -0.2) is 12.2 Å². The van der Waals surface area contributed by atoms with Crippen molar-refractivity contribution in [3.05, 3.63) is 29.3 Å². The fourth-order valence-corrected chi connectivity index (χ4v) is 3.11. The third-order valence-electron chi connectivity index (χ3n) is 4.26. The molecule has 0 spiro atoms. The lowest BCUT2D eigenvalue weighted by Gasteiger charge is -2.35. The van der Waals surface area contributed by atoms with Crippen molar-refractivity contribution in [2.75, 3.05) is 5.32 Å². The zero-order chi connectivity index (χ0) is 14.8. The van der Waals surface area contributed by atoms with Gasteiger partial charge in [-0.3, -0.25) is 0 Å². The molecule has 1 saturated carbocycles. The average Bonchev–Trinajstić information content (AvgIpc) is 2.40. The molecule has 4 heteroatoms. The number of hydrogen-bond donors (Lipinski definition) is 1. The predicted octanol–water partition coefficient (Wildman–Crippen LogP) is 5.09. The van der Waals surface area contributed by atoms with E-state index in [2.05, 4.69) is 5.32 Å². The lowest BCUT2D eigenvalue weighted by atomic mass is 9.83. The maximum atomic E-state index is 13.1. The number of rotatable bonds is 3. The minimum Gasteiger partial charge on any atom is -0.381 e. The first-order valence-electron chi connectivity index (χ1n) is 7.35. The van der Waals surface area contributed by atoms with Crippen LogP contribution in [0.4, 0.5) is 18.9 Å². The Balaban J connectivity index is 2.23. The highest BCUT2D eigenvalue weighted by Gasteiger charge is 2.45. The van der Waals surface area contributed by atoms with Gasteiger partial charge in [0.15, 0.2) is 0 Å². The van der Waals surface area contributed by atoms with Gasteiger partial charge in [-0.2, -0.15) is 13.2 Å². The minimum atomic E-state index is -4.10. The van der Waals surface area contributed by atoms with Gasteiger partial charge in [-0.1, -0.05) is 38.0 Å².